The number of carbonyl (C=O) groups is 1. The molecule has 5 aromatic rings. The van der Waals surface area contributed by atoms with Crippen molar-refractivity contribution < 1.29 is 9.53 Å². The van der Waals surface area contributed by atoms with Gasteiger partial charge in [0.05, 0.1) is 27.8 Å². The average Bonchev–Trinajstić information content (AvgIpc) is 2.83. The Morgan fingerprint density at radius 2 is 1.62 bits per heavy atom. The summed E-state index contributed by atoms with van der Waals surface area (Å²) in [6.07, 6.45) is 0. The topological polar surface area (TPSA) is 74.1 Å². The zero-order chi connectivity index (χ0) is 22.2. The molecule has 3 aromatic carbocycles. The van der Waals surface area contributed by atoms with Crippen LogP contribution in [0.4, 0.5) is 0 Å². The molecular weight excluding hydrogens is 402 g/mol. The summed E-state index contributed by atoms with van der Waals surface area (Å²) in [4.78, 5) is 34.2. The number of benzene rings is 3. The molecule has 0 saturated heterocycles. The minimum Gasteiger partial charge on any atom is -0.456 e. The summed E-state index contributed by atoms with van der Waals surface area (Å²) >= 11 is 0. The van der Waals surface area contributed by atoms with E-state index in [2.05, 4.69) is 11.1 Å². The second kappa shape index (κ2) is 7.89. The largest absolute Gasteiger partial charge is 0.456 e. The summed E-state index contributed by atoms with van der Waals surface area (Å²) in [6, 6.07) is 21.0. The van der Waals surface area contributed by atoms with Crippen LogP contribution in [-0.2, 0) is 17.9 Å². The highest BCUT2D eigenvalue weighted by molar-refractivity contribution is 6.06. The van der Waals surface area contributed by atoms with E-state index >= 15 is 0 Å². The van der Waals surface area contributed by atoms with Gasteiger partial charge in [-0.3, -0.25) is 4.79 Å². The number of rotatable bonds is 4. The number of nitrogens with zero attached hydrogens (tertiary/aromatic N) is 3. The van der Waals surface area contributed by atoms with Crippen molar-refractivity contribution in [3.63, 3.8) is 0 Å². The molecule has 32 heavy (non-hydrogen) atoms. The van der Waals surface area contributed by atoms with Crippen LogP contribution in [0.2, 0.25) is 0 Å². The Balaban J connectivity index is 1.48. The molecule has 0 aliphatic carbocycles. The first-order valence-electron chi connectivity index (χ1n) is 10.5. The summed E-state index contributed by atoms with van der Waals surface area (Å²) in [5.41, 5.74) is 3.52. The smallest absolute Gasteiger partial charge is 0.338 e. The number of esters is 1. The minimum atomic E-state index is -0.459. The molecule has 158 valence electrons. The molecule has 0 aliphatic heterocycles. The third kappa shape index (κ3) is 3.30. The fraction of sp³-hybridized carbons (Fsp3) is 0.154. The van der Waals surface area contributed by atoms with Gasteiger partial charge in [-0.2, -0.15) is 0 Å². The zero-order valence-electron chi connectivity index (χ0n) is 17.8. The minimum absolute atomic E-state index is 0.0587. The quantitative estimate of drug-likeness (QED) is 0.307. The molecule has 6 heteroatoms. The lowest BCUT2D eigenvalue weighted by molar-refractivity contribution is 0.0470. The third-order valence-electron chi connectivity index (χ3n) is 5.69. The van der Waals surface area contributed by atoms with Gasteiger partial charge >= 0.3 is 5.97 Å². The van der Waals surface area contributed by atoms with Gasteiger partial charge in [-0.05, 0) is 43.5 Å². The van der Waals surface area contributed by atoms with Gasteiger partial charge in [-0.15, -0.1) is 0 Å². The number of aromatic nitrogens is 3. The standard InChI is InChI=1S/C26H21N3O3/c1-3-29-24-13-12-17(14-22(24)27-16(2)25(29)30)26(31)32-15-23-20-10-5-4-8-18(20)19-9-6-7-11-21(19)28-23/h4-14H,3,15H2,1-2H3. The molecule has 0 N–H and O–H groups in total. The van der Waals surface area contributed by atoms with E-state index in [1.165, 1.54) is 0 Å². The van der Waals surface area contributed by atoms with Crippen molar-refractivity contribution >= 4 is 38.7 Å². The first-order chi connectivity index (χ1) is 15.6. The van der Waals surface area contributed by atoms with Crippen LogP contribution in [0.3, 0.4) is 0 Å². The molecule has 0 atom stereocenters. The highest BCUT2D eigenvalue weighted by Gasteiger charge is 2.14. The van der Waals surface area contributed by atoms with Gasteiger partial charge < -0.3 is 9.30 Å². The summed E-state index contributed by atoms with van der Waals surface area (Å²) in [5.74, 6) is -0.459. The molecule has 0 radical (unpaired) electrons. The van der Waals surface area contributed by atoms with Gasteiger partial charge in [0, 0.05) is 17.3 Å². The average molecular weight is 423 g/mol. The Morgan fingerprint density at radius 3 is 2.41 bits per heavy atom. The predicted octanol–water partition coefficient (Wildman–Crippen LogP) is 4.78. The predicted molar refractivity (Wildman–Crippen MR) is 125 cm³/mol. The van der Waals surface area contributed by atoms with Gasteiger partial charge in [0.25, 0.3) is 5.56 Å². The second-order valence-corrected chi connectivity index (χ2v) is 7.65. The highest BCUT2D eigenvalue weighted by Crippen LogP contribution is 2.27. The maximum absolute atomic E-state index is 12.8. The fourth-order valence-corrected chi connectivity index (χ4v) is 4.12. The van der Waals surface area contributed by atoms with Crippen molar-refractivity contribution in [3.05, 3.63) is 94.0 Å². The van der Waals surface area contributed by atoms with Gasteiger partial charge in [0.2, 0.25) is 0 Å². The van der Waals surface area contributed by atoms with Crippen molar-refractivity contribution in [1.29, 1.82) is 0 Å². The van der Waals surface area contributed by atoms with Crippen LogP contribution < -0.4 is 5.56 Å². The molecule has 2 heterocycles. The van der Waals surface area contributed by atoms with Crippen molar-refractivity contribution in [2.24, 2.45) is 0 Å². The molecule has 6 nitrogen and oxygen atoms in total. The van der Waals surface area contributed by atoms with Gasteiger partial charge in [0.1, 0.15) is 12.3 Å². The molecule has 0 bridgehead atoms. The third-order valence-corrected chi connectivity index (χ3v) is 5.69. The molecule has 0 fully saturated rings. The SMILES string of the molecule is CCn1c(=O)c(C)nc2cc(C(=O)OCc3nc4ccccc4c4ccccc34)ccc21. The number of pyridine rings is 1. The molecule has 5 rings (SSSR count). The zero-order valence-corrected chi connectivity index (χ0v) is 17.8. The molecule has 0 aliphatic rings. The fourth-order valence-electron chi connectivity index (χ4n) is 4.12. The van der Waals surface area contributed by atoms with Crippen LogP contribution in [0.5, 0.6) is 0 Å². The van der Waals surface area contributed by atoms with E-state index in [1.54, 1.807) is 29.7 Å². The summed E-state index contributed by atoms with van der Waals surface area (Å²) in [7, 11) is 0. The van der Waals surface area contributed by atoms with E-state index in [9.17, 15) is 9.59 Å². The number of ether oxygens (including phenoxy) is 1. The Labute approximate surface area is 184 Å². The maximum Gasteiger partial charge on any atom is 0.338 e. The van der Waals surface area contributed by atoms with E-state index in [-0.39, 0.29) is 12.2 Å². The first-order valence-corrected chi connectivity index (χ1v) is 10.5. The Kier molecular flexibility index (Phi) is 4.90. The summed E-state index contributed by atoms with van der Waals surface area (Å²) in [6.45, 7) is 4.17. The van der Waals surface area contributed by atoms with E-state index in [0.717, 1.165) is 21.7 Å². The van der Waals surface area contributed by atoms with Crippen molar-refractivity contribution in [1.82, 2.24) is 14.5 Å². The number of hydrogen-bond donors (Lipinski definition) is 0. The molecular formula is C26H21N3O3. The lowest BCUT2D eigenvalue weighted by Gasteiger charge is -2.11. The van der Waals surface area contributed by atoms with Crippen molar-refractivity contribution in [3.8, 4) is 0 Å². The number of carbonyl (C=O) groups excluding carboxylic acids is 1. The van der Waals surface area contributed by atoms with E-state index < -0.39 is 5.97 Å². The monoisotopic (exact) mass is 423 g/mol. The van der Waals surface area contributed by atoms with Crippen LogP contribution in [0.15, 0.2) is 71.5 Å². The molecule has 2 aromatic heterocycles. The Hall–Kier alpha value is -4.06. The lowest BCUT2D eigenvalue weighted by Crippen LogP contribution is -2.23. The molecule has 0 amide bonds. The molecule has 0 unspecified atom stereocenters. The second-order valence-electron chi connectivity index (χ2n) is 7.65. The van der Waals surface area contributed by atoms with Crippen LogP contribution in [0.1, 0.15) is 28.7 Å². The number of fused-ring (bicyclic) bond motifs is 4. The number of hydrogen-bond acceptors (Lipinski definition) is 5. The van der Waals surface area contributed by atoms with Crippen LogP contribution in [-0.4, -0.2) is 20.5 Å². The van der Waals surface area contributed by atoms with Gasteiger partial charge in [-0.25, -0.2) is 14.8 Å². The van der Waals surface area contributed by atoms with Gasteiger partial charge in [0.15, 0.2) is 0 Å². The van der Waals surface area contributed by atoms with E-state index in [4.69, 9.17) is 9.72 Å². The van der Waals surface area contributed by atoms with Crippen LogP contribution >= 0.6 is 0 Å². The Morgan fingerprint density at radius 1 is 0.906 bits per heavy atom. The Bertz CT molecular complexity index is 1570. The van der Waals surface area contributed by atoms with Crippen molar-refractivity contribution in [2.75, 3.05) is 0 Å². The van der Waals surface area contributed by atoms with E-state index in [0.29, 0.717) is 34.5 Å². The summed E-state index contributed by atoms with van der Waals surface area (Å²) < 4.78 is 7.28. The highest BCUT2D eigenvalue weighted by atomic mass is 16.5. The maximum atomic E-state index is 12.8. The summed E-state index contributed by atoms with van der Waals surface area (Å²) in [5, 5.41) is 3.10. The van der Waals surface area contributed by atoms with Crippen LogP contribution in [0, 0.1) is 6.92 Å². The number of para-hydroxylation sites is 1. The molecule has 0 spiro atoms. The molecule has 0 saturated carbocycles. The van der Waals surface area contributed by atoms with Crippen LogP contribution in [0.25, 0.3) is 32.7 Å². The van der Waals surface area contributed by atoms with E-state index in [1.807, 2.05) is 49.4 Å². The first kappa shape index (κ1) is 19.9. The van der Waals surface area contributed by atoms with Crippen molar-refractivity contribution in [2.45, 2.75) is 27.0 Å². The lowest BCUT2D eigenvalue weighted by atomic mass is 10.0. The normalized spacial score (nSPS) is 11.3. The van der Waals surface area contributed by atoms with Gasteiger partial charge in [-0.1, -0.05) is 42.5 Å². The number of aryl methyl sites for hydroxylation is 2.